The van der Waals surface area contributed by atoms with Crippen LogP contribution in [0.15, 0.2) is 42.5 Å². The molecule has 2 aromatic carbocycles. The zero-order chi connectivity index (χ0) is 18.1. The molecule has 26 heavy (non-hydrogen) atoms. The van der Waals surface area contributed by atoms with Crippen molar-refractivity contribution in [3.05, 3.63) is 59.4 Å². The van der Waals surface area contributed by atoms with Crippen molar-refractivity contribution in [2.45, 2.75) is 19.4 Å². The Morgan fingerprint density at radius 3 is 2.81 bits per heavy atom. The van der Waals surface area contributed by atoms with E-state index < -0.39 is 11.7 Å². The third-order valence-corrected chi connectivity index (χ3v) is 4.68. The van der Waals surface area contributed by atoms with Gasteiger partial charge in [0, 0.05) is 24.3 Å². The molecular weight excluding hydrogens is 335 g/mol. The van der Waals surface area contributed by atoms with E-state index in [1.165, 1.54) is 18.2 Å². The molecule has 0 atom stereocenters. The Morgan fingerprint density at radius 1 is 1.23 bits per heavy atom. The van der Waals surface area contributed by atoms with Gasteiger partial charge in [0.2, 0.25) is 0 Å². The van der Waals surface area contributed by atoms with Crippen LogP contribution in [0.5, 0.6) is 5.75 Å². The lowest BCUT2D eigenvalue weighted by molar-refractivity contribution is -0.133. The lowest BCUT2D eigenvalue weighted by Crippen LogP contribution is -2.34. The number of halogens is 1. The number of amides is 2. The predicted molar refractivity (Wildman–Crippen MR) is 94.4 cm³/mol. The summed E-state index contributed by atoms with van der Waals surface area (Å²) in [4.78, 5) is 26.3. The minimum atomic E-state index is -0.565. The highest BCUT2D eigenvalue weighted by molar-refractivity contribution is 6.04. The molecule has 0 spiro atoms. The van der Waals surface area contributed by atoms with Crippen LogP contribution in [-0.4, -0.2) is 29.9 Å². The number of nitrogens with one attached hydrogen (secondary N) is 1. The first-order valence-electron chi connectivity index (χ1n) is 8.69. The average molecular weight is 354 g/mol. The van der Waals surface area contributed by atoms with Gasteiger partial charge in [-0.3, -0.25) is 9.59 Å². The standard InChI is InChI=1S/C20H19FN2O3/c21-17-4-2-1-3-16(17)20(25)22-15-7-8-18-14(9-15)11-23(10-13-5-6-13)19(24)12-26-18/h1-4,7-9,13H,5-6,10-12H2,(H,22,25). The molecule has 0 aromatic heterocycles. The molecule has 1 aliphatic heterocycles. The lowest BCUT2D eigenvalue weighted by atomic mass is 10.1. The Morgan fingerprint density at radius 2 is 2.04 bits per heavy atom. The maximum atomic E-state index is 13.8. The zero-order valence-corrected chi connectivity index (χ0v) is 14.2. The number of rotatable bonds is 4. The molecule has 0 unspecified atom stereocenters. The van der Waals surface area contributed by atoms with E-state index in [4.69, 9.17) is 4.74 Å². The first-order valence-corrected chi connectivity index (χ1v) is 8.69. The fraction of sp³-hybridized carbons (Fsp3) is 0.300. The smallest absolute Gasteiger partial charge is 0.260 e. The van der Waals surface area contributed by atoms with Gasteiger partial charge in [-0.2, -0.15) is 0 Å². The molecular formula is C20H19FN2O3. The second kappa shape index (κ2) is 6.78. The molecule has 1 heterocycles. The van der Waals surface area contributed by atoms with Crippen LogP contribution >= 0.6 is 0 Å². The summed E-state index contributed by atoms with van der Waals surface area (Å²) in [5, 5.41) is 2.71. The van der Waals surface area contributed by atoms with Crippen LogP contribution in [-0.2, 0) is 11.3 Å². The Hall–Kier alpha value is -2.89. The molecule has 1 saturated carbocycles. The normalized spacial score (nSPS) is 16.5. The van der Waals surface area contributed by atoms with Gasteiger partial charge in [-0.05, 0) is 49.1 Å². The van der Waals surface area contributed by atoms with Gasteiger partial charge < -0.3 is 15.0 Å². The molecule has 0 radical (unpaired) electrons. The average Bonchev–Trinajstić information content (AvgIpc) is 3.45. The van der Waals surface area contributed by atoms with Gasteiger partial charge in [0.1, 0.15) is 11.6 Å². The van der Waals surface area contributed by atoms with Gasteiger partial charge in [0.25, 0.3) is 11.8 Å². The van der Waals surface area contributed by atoms with E-state index in [-0.39, 0.29) is 18.1 Å². The molecule has 2 aromatic rings. The molecule has 0 bridgehead atoms. The minimum absolute atomic E-state index is 0.00997. The second-order valence-electron chi connectivity index (χ2n) is 6.76. The number of hydrogen-bond acceptors (Lipinski definition) is 3. The Bertz CT molecular complexity index is 864. The number of nitrogens with zero attached hydrogens (tertiary/aromatic N) is 1. The molecule has 134 valence electrons. The number of fused-ring (bicyclic) bond motifs is 1. The number of ether oxygens (including phenoxy) is 1. The maximum absolute atomic E-state index is 13.8. The van der Waals surface area contributed by atoms with Crippen LogP contribution in [0.25, 0.3) is 0 Å². The number of hydrogen-bond donors (Lipinski definition) is 1. The Kier molecular flexibility index (Phi) is 4.32. The van der Waals surface area contributed by atoms with Crippen molar-refractivity contribution < 1.29 is 18.7 Å². The van der Waals surface area contributed by atoms with Crippen molar-refractivity contribution in [1.82, 2.24) is 4.90 Å². The summed E-state index contributed by atoms with van der Waals surface area (Å²) in [6, 6.07) is 11.1. The van der Waals surface area contributed by atoms with Crippen LogP contribution in [0.1, 0.15) is 28.8 Å². The summed E-state index contributed by atoms with van der Waals surface area (Å²) in [6.45, 7) is 1.22. The Balaban J connectivity index is 1.53. The van der Waals surface area contributed by atoms with Crippen molar-refractivity contribution in [1.29, 1.82) is 0 Å². The summed E-state index contributed by atoms with van der Waals surface area (Å²) >= 11 is 0. The lowest BCUT2D eigenvalue weighted by Gasteiger charge is -2.19. The largest absolute Gasteiger partial charge is 0.483 e. The Labute approximate surface area is 150 Å². The monoisotopic (exact) mass is 354 g/mol. The quantitative estimate of drug-likeness (QED) is 0.917. The molecule has 2 amide bonds. The summed E-state index contributed by atoms with van der Waals surface area (Å²) in [7, 11) is 0. The zero-order valence-electron chi connectivity index (χ0n) is 14.2. The number of anilines is 1. The van der Waals surface area contributed by atoms with E-state index in [0.717, 1.165) is 24.9 Å². The third kappa shape index (κ3) is 3.54. The summed E-state index contributed by atoms with van der Waals surface area (Å²) in [5.41, 5.74) is 1.37. The molecule has 2 aliphatic rings. The van der Waals surface area contributed by atoms with Crippen molar-refractivity contribution in [2.75, 3.05) is 18.5 Å². The molecule has 6 heteroatoms. The van der Waals surface area contributed by atoms with Gasteiger partial charge in [0.05, 0.1) is 5.56 Å². The van der Waals surface area contributed by atoms with Crippen molar-refractivity contribution in [3.63, 3.8) is 0 Å². The van der Waals surface area contributed by atoms with Crippen LogP contribution < -0.4 is 10.1 Å². The van der Waals surface area contributed by atoms with E-state index >= 15 is 0 Å². The van der Waals surface area contributed by atoms with Crippen LogP contribution in [0.4, 0.5) is 10.1 Å². The molecule has 1 fully saturated rings. The number of benzene rings is 2. The van der Waals surface area contributed by atoms with Crippen molar-refractivity contribution >= 4 is 17.5 Å². The highest BCUT2D eigenvalue weighted by atomic mass is 19.1. The van der Waals surface area contributed by atoms with E-state index in [1.54, 1.807) is 24.3 Å². The predicted octanol–water partition coefficient (Wildman–Crippen LogP) is 3.21. The summed E-state index contributed by atoms with van der Waals surface area (Å²) in [5.74, 6) is 0.128. The molecule has 5 nitrogen and oxygen atoms in total. The molecule has 4 rings (SSSR count). The van der Waals surface area contributed by atoms with Crippen molar-refractivity contribution in [3.8, 4) is 5.75 Å². The van der Waals surface area contributed by atoms with Gasteiger partial charge in [-0.25, -0.2) is 4.39 Å². The SMILES string of the molecule is O=C(Nc1ccc2c(c1)CN(CC1CC1)C(=O)CO2)c1ccccc1F. The summed E-state index contributed by atoms with van der Waals surface area (Å²) in [6.07, 6.45) is 2.33. The summed E-state index contributed by atoms with van der Waals surface area (Å²) < 4.78 is 19.4. The van der Waals surface area contributed by atoms with Crippen LogP contribution in [0.3, 0.4) is 0 Å². The topological polar surface area (TPSA) is 58.6 Å². The second-order valence-corrected chi connectivity index (χ2v) is 6.76. The van der Waals surface area contributed by atoms with Gasteiger partial charge in [0.15, 0.2) is 6.61 Å². The van der Waals surface area contributed by atoms with E-state index in [9.17, 15) is 14.0 Å². The number of carbonyl (C=O) groups is 2. The van der Waals surface area contributed by atoms with E-state index in [1.807, 2.05) is 4.90 Å². The van der Waals surface area contributed by atoms with Crippen LogP contribution in [0, 0.1) is 11.7 Å². The first-order chi connectivity index (χ1) is 12.6. The minimum Gasteiger partial charge on any atom is -0.483 e. The fourth-order valence-electron chi connectivity index (χ4n) is 3.07. The van der Waals surface area contributed by atoms with E-state index in [2.05, 4.69) is 5.32 Å². The number of carbonyl (C=O) groups excluding carboxylic acids is 2. The third-order valence-electron chi connectivity index (χ3n) is 4.68. The first kappa shape index (κ1) is 16.6. The van der Waals surface area contributed by atoms with Crippen molar-refractivity contribution in [2.24, 2.45) is 5.92 Å². The van der Waals surface area contributed by atoms with Gasteiger partial charge >= 0.3 is 0 Å². The highest BCUT2D eigenvalue weighted by Crippen LogP contribution is 2.32. The molecule has 0 saturated heterocycles. The van der Waals surface area contributed by atoms with Crippen LogP contribution in [0.2, 0.25) is 0 Å². The van der Waals surface area contributed by atoms with Gasteiger partial charge in [-0.1, -0.05) is 12.1 Å². The molecule has 1 N–H and O–H groups in total. The fourth-order valence-corrected chi connectivity index (χ4v) is 3.07. The maximum Gasteiger partial charge on any atom is 0.260 e. The highest BCUT2D eigenvalue weighted by Gasteiger charge is 2.29. The van der Waals surface area contributed by atoms with E-state index in [0.29, 0.717) is 23.9 Å². The molecule has 1 aliphatic carbocycles. The van der Waals surface area contributed by atoms with Gasteiger partial charge in [-0.15, -0.1) is 0 Å².